The van der Waals surface area contributed by atoms with Crippen LogP contribution in [0, 0.1) is 0 Å². The second-order valence-corrected chi connectivity index (χ2v) is 6.06. The molecule has 1 atom stereocenters. The number of anilines is 1. The number of para-hydroxylation sites is 2. The summed E-state index contributed by atoms with van der Waals surface area (Å²) in [4.78, 5) is 14.4. The molecule has 0 saturated carbocycles. The average molecular weight is 325 g/mol. The van der Waals surface area contributed by atoms with Gasteiger partial charge in [0.15, 0.2) is 0 Å². The maximum Gasteiger partial charge on any atom is 0.239 e. The molecule has 0 radical (unpaired) electrons. The van der Waals surface area contributed by atoms with Crippen molar-refractivity contribution in [3.8, 4) is 5.75 Å². The molecule has 2 aromatic rings. The number of carbonyl (C=O) groups excluding carboxylic acids is 1. The molecule has 0 fully saturated rings. The first-order valence-corrected chi connectivity index (χ1v) is 8.14. The summed E-state index contributed by atoms with van der Waals surface area (Å²) in [7, 11) is 1.63. The van der Waals surface area contributed by atoms with Gasteiger partial charge < -0.3 is 20.7 Å². The van der Waals surface area contributed by atoms with E-state index in [2.05, 4.69) is 22.3 Å². The molecule has 3 N–H and O–H groups in total. The Morgan fingerprint density at radius 3 is 2.83 bits per heavy atom. The van der Waals surface area contributed by atoms with E-state index < -0.39 is 0 Å². The van der Waals surface area contributed by atoms with Crippen molar-refractivity contribution in [2.75, 3.05) is 25.1 Å². The van der Waals surface area contributed by atoms with Crippen LogP contribution in [0.1, 0.15) is 11.1 Å². The lowest BCUT2D eigenvalue weighted by atomic mass is 9.98. The molecule has 2 aromatic carbocycles. The lowest BCUT2D eigenvalue weighted by molar-refractivity contribution is -0.119. The normalized spacial score (nSPS) is 16.4. The van der Waals surface area contributed by atoms with Crippen LogP contribution < -0.4 is 20.7 Å². The first-order valence-electron chi connectivity index (χ1n) is 8.14. The highest BCUT2D eigenvalue weighted by Crippen LogP contribution is 2.26. The van der Waals surface area contributed by atoms with Crippen LogP contribution in [0.4, 0.5) is 5.69 Å². The van der Waals surface area contributed by atoms with E-state index in [0.29, 0.717) is 19.6 Å². The zero-order valence-corrected chi connectivity index (χ0v) is 13.9. The molecule has 1 aliphatic rings. The van der Waals surface area contributed by atoms with Crippen LogP contribution >= 0.6 is 0 Å². The molecule has 0 aliphatic carbocycles. The number of carbonyl (C=O) groups is 1. The van der Waals surface area contributed by atoms with Crippen molar-refractivity contribution in [2.45, 2.75) is 19.0 Å². The van der Waals surface area contributed by atoms with E-state index in [1.54, 1.807) is 7.11 Å². The smallest absolute Gasteiger partial charge is 0.239 e. The second-order valence-electron chi connectivity index (χ2n) is 6.06. The summed E-state index contributed by atoms with van der Waals surface area (Å²) >= 11 is 0. The molecule has 0 spiro atoms. The van der Waals surface area contributed by atoms with Gasteiger partial charge in [-0.15, -0.1) is 0 Å². The summed E-state index contributed by atoms with van der Waals surface area (Å²) in [5.74, 6) is 0.757. The minimum absolute atomic E-state index is 0.0233. The third kappa shape index (κ3) is 3.68. The fourth-order valence-electron chi connectivity index (χ4n) is 3.14. The van der Waals surface area contributed by atoms with Gasteiger partial charge in [-0.3, -0.25) is 4.79 Å². The van der Waals surface area contributed by atoms with Crippen LogP contribution in [0.15, 0.2) is 48.5 Å². The Morgan fingerprint density at radius 1 is 1.25 bits per heavy atom. The number of methoxy groups -OCH3 is 1. The number of fused-ring (bicyclic) bond motifs is 1. The van der Waals surface area contributed by atoms with Crippen molar-refractivity contribution >= 4 is 11.6 Å². The second kappa shape index (κ2) is 7.36. The van der Waals surface area contributed by atoms with Gasteiger partial charge in [0.25, 0.3) is 0 Å². The standard InChI is InChI=1S/C19H23N3O2/c1-24-18-9-5-3-7-15(18)11-21-19(23)13-22-12-16(20)10-14-6-2-4-8-17(14)22/h2-9,16H,10-13,20H2,1H3,(H,21,23). The van der Waals surface area contributed by atoms with Gasteiger partial charge in [-0.25, -0.2) is 0 Å². The van der Waals surface area contributed by atoms with E-state index in [9.17, 15) is 4.79 Å². The minimum Gasteiger partial charge on any atom is -0.496 e. The van der Waals surface area contributed by atoms with Crippen molar-refractivity contribution in [1.29, 1.82) is 0 Å². The Kier molecular flexibility index (Phi) is 5.01. The van der Waals surface area contributed by atoms with Gasteiger partial charge in [-0.05, 0) is 24.1 Å². The molecular weight excluding hydrogens is 302 g/mol. The Bertz CT molecular complexity index is 717. The number of rotatable bonds is 5. The van der Waals surface area contributed by atoms with Crippen LogP contribution in [-0.4, -0.2) is 32.1 Å². The van der Waals surface area contributed by atoms with Crippen LogP contribution in [-0.2, 0) is 17.8 Å². The average Bonchev–Trinajstić information content (AvgIpc) is 2.60. The number of nitrogens with zero attached hydrogens (tertiary/aromatic N) is 1. The largest absolute Gasteiger partial charge is 0.496 e. The van der Waals surface area contributed by atoms with E-state index in [4.69, 9.17) is 10.5 Å². The summed E-state index contributed by atoms with van der Waals surface area (Å²) in [5, 5.41) is 2.97. The molecule has 1 unspecified atom stereocenters. The molecule has 5 heteroatoms. The number of nitrogens with one attached hydrogen (secondary N) is 1. The lowest BCUT2D eigenvalue weighted by Gasteiger charge is -2.34. The Morgan fingerprint density at radius 2 is 2.00 bits per heavy atom. The van der Waals surface area contributed by atoms with Gasteiger partial charge in [-0.1, -0.05) is 36.4 Å². The molecule has 1 amide bonds. The molecule has 3 rings (SSSR count). The van der Waals surface area contributed by atoms with E-state index in [1.807, 2.05) is 36.4 Å². The fraction of sp³-hybridized carbons (Fsp3) is 0.316. The monoisotopic (exact) mass is 325 g/mol. The summed E-state index contributed by atoms with van der Waals surface area (Å²) in [5.41, 5.74) is 9.40. The van der Waals surface area contributed by atoms with Gasteiger partial charge in [0.2, 0.25) is 5.91 Å². The molecule has 5 nitrogen and oxygen atoms in total. The highest BCUT2D eigenvalue weighted by atomic mass is 16.5. The van der Waals surface area contributed by atoms with Gasteiger partial charge in [0, 0.05) is 30.4 Å². The van der Waals surface area contributed by atoms with Crippen molar-refractivity contribution in [2.24, 2.45) is 5.73 Å². The molecule has 24 heavy (non-hydrogen) atoms. The molecule has 1 heterocycles. The first kappa shape index (κ1) is 16.3. The number of hydrogen-bond donors (Lipinski definition) is 2. The van der Waals surface area contributed by atoms with Crippen LogP contribution in [0.3, 0.4) is 0 Å². The van der Waals surface area contributed by atoms with E-state index in [0.717, 1.165) is 23.4 Å². The first-order chi connectivity index (χ1) is 11.7. The topological polar surface area (TPSA) is 67.6 Å². The lowest BCUT2D eigenvalue weighted by Crippen LogP contribution is -2.47. The summed E-state index contributed by atoms with van der Waals surface area (Å²) in [6.45, 7) is 1.45. The maximum absolute atomic E-state index is 12.4. The highest BCUT2D eigenvalue weighted by Gasteiger charge is 2.23. The van der Waals surface area contributed by atoms with Gasteiger partial charge in [0.05, 0.1) is 13.7 Å². The highest BCUT2D eigenvalue weighted by molar-refractivity contribution is 5.82. The van der Waals surface area contributed by atoms with Crippen molar-refractivity contribution in [3.63, 3.8) is 0 Å². The Hall–Kier alpha value is -2.53. The Labute approximate surface area is 142 Å². The molecule has 1 aliphatic heterocycles. The number of benzene rings is 2. The maximum atomic E-state index is 12.4. The van der Waals surface area contributed by atoms with Gasteiger partial charge in [-0.2, -0.15) is 0 Å². The van der Waals surface area contributed by atoms with E-state index >= 15 is 0 Å². The predicted molar refractivity (Wildman–Crippen MR) is 95.2 cm³/mol. The molecule has 0 bridgehead atoms. The number of hydrogen-bond acceptors (Lipinski definition) is 4. The quantitative estimate of drug-likeness (QED) is 0.878. The SMILES string of the molecule is COc1ccccc1CNC(=O)CN1CC(N)Cc2ccccc21. The molecule has 0 aromatic heterocycles. The Balaban J connectivity index is 1.63. The zero-order chi connectivity index (χ0) is 16.9. The van der Waals surface area contributed by atoms with E-state index in [1.165, 1.54) is 5.56 Å². The number of ether oxygens (including phenoxy) is 1. The third-order valence-corrected chi connectivity index (χ3v) is 4.27. The van der Waals surface area contributed by atoms with E-state index in [-0.39, 0.29) is 11.9 Å². The minimum atomic E-state index is -0.0233. The zero-order valence-electron chi connectivity index (χ0n) is 13.9. The molecule has 126 valence electrons. The fourth-order valence-corrected chi connectivity index (χ4v) is 3.14. The number of nitrogens with two attached hydrogens (primary N) is 1. The summed E-state index contributed by atoms with van der Waals surface area (Å²) in [6, 6.07) is 15.9. The summed E-state index contributed by atoms with van der Waals surface area (Å²) < 4.78 is 5.31. The van der Waals surface area contributed by atoms with Crippen molar-refractivity contribution < 1.29 is 9.53 Å². The predicted octanol–water partition coefficient (Wildman–Crippen LogP) is 1.70. The van der Waals surface area contributed by atoms with Crippen molar-refractivity contribution in [3.05, 3.63) is 59.7 Å². The summed E-state index contributed by atoms with van der Waals surface area (Å²) in [6.07, 6.45) is 0.857. The van der Waals surface area contributed by atoms with Gasteiger partial charge in [0.1, 0.15) is 5.75 Å². The molecular formula is C19H23N3O2. The molecule has 0 saturated heterocycles. The number of amides is 1. The van der Waals surface area contributed by atoms with Crippen LogP contribution in [0.2, 0.25) is 0 Å². The van der Waals surface area contributed by atoms with Crippen molar-refractivity contribution in [1.82, 2.24) is 5.32 Å². The van der Waals surface area contributed by atoms with Gasteiger partial charge >= 0.3 is 0 Å². The van der Waals surface area contributed by atoms with Crippen LogP contribution in [0.25, 0.3) is 0 Å². The van der Waals surface area contributed by atoms with Crippen LogP contribution in [0.5, 0.6) is 5.75 Å². The third-order valence-electron chi connectivity index (χ3n) is 4.27.